The van der Waals surface area contributed by atoms with Gasteiger partial charge in [0.05, 0.1) is 10.9 Å². The van der Waals surface area contributed by atoms with Crippen LogP contribution < -0.4 is 25.0 Å². The molecule has 0 aliphatic carbocycles. The second-order valence-electron chi connectivity index (χ2n) is 9.23. The number of fused-ring (bicyclic) bond motifs is 1. The lowest BCUT2D eigenvalue weighted by atomic mass is 10.0. The molecule has 1 fully saturated rings. The number of carbonyl (C=O) groups excluding carboxylic acids is 2. The molecule has 0 saturated carbocycles. The maximum Gasteiger partial charge on any atom is 0.286 e. The first-order chi connectivity index (χ1) is 17.7. The summed E-state index contributed by atoms with van der Waals surface area (Å²) in [5.41, 5.74) is 4.26. The Hall–Kier alpha value is -3.92. The van der Waals surface area contributed by atoms with Gasteiger partial charge in [0.2, 0.25) is 11.8 Å². The molecule has 2 aliphatic heterocycles. The van der Waals surface area contributed by atoms with Gasteiger partial charge in [0.15, 0.2) is 5.82 Å². The molecular weight excluding hydrogens is 492 g/mol. The lowest BCUT2D eigenvalue weighted by Crippen LogP contribution is -2.37. The van der Waals surface area contributed by atoms with Crippen LogP contribution in [-0.2, 0) is 11.2 Å². The van der Waals surface area contributed by atoms with Gasteiger partial charge in [-0.25, -0.2) is 0 Å². The smallest absolute Gasteiger partial charge is 0.286 e. The summed E-state index contributed by atoms with van der Waals surface area (Å²) in [6.07, 6.45) is 0.366. The van der Waals surface area contributed by atoms with Gasteiger partial charge in [0.1, 0.15) is 30.0 Å². The molecule has 2 atom stereocenters. The predicted octanol–water partition coefficient (Wildman–Crippen LogP) is 4.67. The molecule has 2 unspecified atom stereocenters. The van der Waals surface area contributed by atoms with Crippen LogP contribution in [0.25, 0.3) is 0 Å². The van der Waals surface area contributed by atoms with E-state index in [1.54, 1.807) is 0 Å². The lowest BCUT2D eigenvalue weighted by molar-refractivity contribution is -0.118. The number of phenols is 1. The summed E-state index contributed by atoms with van der Waals surface area (Å²) in [6.45, 7) is 6.00. The van der Waals surface area contributed by atoms with Crippen LogP contribution in [0.1, 0.15) is 22.3 Å². The van der Waals surface area contributed by atoms with E-state index in [1.807, 2.05) is 75.2 Å². The average Bonchev–Trinajstić information content (AvgIpc) is 3.37. The minimum absolute atomic E-state index is 0.123. The van der Waals surface area contributed by atoms with E-state index in [4.69, 9.17) is 14.5 Å². The Morgan fingerprint density at radius 1 is 1.08 bits per heavy atom. The fourth-order valence-corrected chi connectivity index (χ4v) is 5.20. The van der Waals surface area contributed by atoms with Crippen molar-refractivity contribution < 1.29 is 24.2 Å². The van der Waals surface area contributed by atoms with Crippen molar-refractivity contribution in [2.45, 2.75) is 38.6 Å². The summed E-state index contributed by atoms with van der Waals surface area (Å²) >= 11 is 1.03. The number of hydrogen-bond acceptors (Lipinski definition) is 9. The van der Waals surface area contributed by atoms with E-state index in [0.29, 0.717) is 30.4 Å². The Labute approximate surface area is 219 Å². The van der Waals surface area contributed by atoms with Gasteiger partial charge >= 0.3 is 0 Å². The largest absolute Gasteiger partial charge is 0.507 e. The number of phenolic OH excluding ortho intramolecular Hbond substituents is 1. The number of aromatic nitrogens is 1. The Bertz CT molecular complexity index is 1380. The number of rotatable bonds is 7. The average molecular weight is 521 g/mol. The van der Waals surface area contributed by atoms with Gasteiger partial charge in [-0.1, -0.05) is 23.9 Å². The first kappa shape index (κ1) is 24.8. The van der Waals surface area contributed by atoms with Gasteiger partial charge in [-0.15, -0.1) is 0 Å². The third kappa shape index (κ3) is 5.01. The predicted molar refractivity (Wildman–Crippen MR) is 143 cm³/mol. The molecule has 3 aromatic rings. The van der Waals surface area contributed by atoms with Crippen molar-refractivity contribution >= 4 is 34.4 Å². The number of nitrogens with zero attached hydrogens (tertiary/aromatic N) is 2. The van der Waals surface area contributed by atoms with E-state index in [-0.39, 0.29) is 28.3 Å². The zero-order valence-electron chi connectivity index (χ0n) is 21.0. The molecule has 2 aromatic carbocycles. The highest BCUT2D eigenvalue weighted by molar-refractivity contribution is 8.15. The van der Waals surface area contributed by atoms with E-state index in [0.717, 1.165) is 45.5 Å². The third-order valence-electron chi connectivity index (χ3n) is 6.72. The number of amides is 2. The SMILES string of the molecule is Cc1cc(Oc2ccc3c(n2)N(C)C(COc2ccc(CC4SC(=O)NC4=O)cc2)N3)c(C)c(C)c1O. The summed E-state index contributed by atoms with van der Waals surface area (Å²) in [7, 11) is 1.94. The normalized spacial score (nSPS) is 18.4. The molecule has 2 aliphatic rings. The van der Waals surface area contributed by atoms with E-state index in [2.05, 4.69) is 10.6 Å². The fourth-order valence-electron chi connectivity index (χ4n) is 4.34. The number of imide groups is 1. The lowest BCUT2D eigenvalue weighted by Gasteiger charge is -2.21. The van der Waals surface area contributed by atoms with Gasteiger partial charge in [-0.3, -0.25) is 14.9 Å². The number of likely N-dealkylation sites (N-methyl/N-ethyl adjacent to an activating group) is 1. The van der Waals surface area contributed by atoms with Gasteiger partial charge in [-0.2, -0.15) is 4.98 Å². The van der Waals surface area contributed by atoms with Crippen molar-refractivity contribution in [3.8, 4) is 23.1 Å². The Balaban J connectivity index is 1.20. The molecule has 9 nitrogen and oxygen atoms in total. The molecular formula is C27H28N4O5S. The molecule has 192 valence electrons. The van der Waals surface area contributed by atoms with Crippen molar-refractivity contribution in [2.24, 2.45) is 0 Å². The van der Waals surface area contributed by atoms with Crippen LogP contribution in [0.2, 0.25) is 0 Å². The molecule has 10 heteroatoms. The number of aromatic hydroxyl groups is 1. The summed E-state index contributed by atoms with van der Waals surface area (Å²) in [5.74, 6) is 2.64. The van der Waals surface area contributed by atoms with Crippen molar-refractivity contribution in [2.75, 3.05) is 23.9 Å². The van der Waals surface area contributed by atoms with Crippen LogP contribution in [0.3, 0.4) is 0 Å². The number of anilines is 2. The van der Waals surface area contributed by atoms with Gasteiger partial charge in [0.25, 0.3) is 5.24 Å². The molecule has 3 N–H and O–H groups in total. The first-order valence-electron chi connectivity index (χ1n) is 11.9. The molecule has 37 heavy (non-hydrogen) atoms. The number of ether oxygens (including phenoxy) is 2. The van der Waals surface area contributed by atoms with Crippen LogP contribution in [-0.4, -0.2) is 46.3 Å². The van der Waals surface area contributed by atoms with Crippen molar-refractivity contribution in [3.05, 3.63) is 64.7 Å². The van der Waals surface area contributed by atoms with E-state index < -0.39 is 0 Å². The van der Waals surface area contributed by atoms with Crippen LogP contribution in [0.15, 0.2) is 42.5 Å². The van der Waals surface area contributed by atoms with Crippen LogP contribution in [0.4, 0.5) is 16.3 Å². The Morgan fingerprint density at radius 2 is 1.84 bits per heavy atom. The van der Waals surface area contributed by atoms with Crippen LogP contribution >= 0.6 is 11.8 Å². The maximum atomic E-state index is 11.8. The molecule has 5 rings (SSSR count). The molecule has 2 amide bonds. The molecule has 0 radical (unpaired) electrons. The highest BCUT2D eigenvalue weighted by Crippen LogP contribution is 2.37. The quantitative estimate of drug-likeness (QED) is 0.409. The minimum Gasteiger partial charge on any atom is -0.507 e. The molecule has 0 spiro atoms. The van der Waals surface area contributed by atoms with Crippen LogP contribution in [0.5, 0.6) is 23.1 Å². The Kier molecular flexibility index (Phi) is 6.59. The zero-order valence-corrected chi connectivity index (χ0v) is 21.8. The van der Waals surface area contributed by atoms with E-state index >= 15 is 0 Å². The highest BCUT2D eigenvalue weighted by atomic mass is 32.2. The van der Waals surface area contributed by atoms with Gasteiger partial charge in [-0.05, 0) is 73.7 Å². The number of hydrogen-bond donors (Lipinski definition) is 3. The zero-order chi connectivity index (χ0) is 26.3. The number of carbonyl (C=O) groups is 2. The number of thioether (sulfide) groups is 1. The van der Waals surface area contributed by atoms with Crippen molar-refractivity contribution in [3.63, 3.8) is 0 Å². The maximum absolute atomic E-state index is 11.8. The van der Waals surface area contributed by atoms with Crippen molar-refractivity contribution in [1.82, 2.24) is 10.3 Å². The van der Waals surface area contributed by atoms with E-state index in [1.165, 1.54) is 0 Å². The van der Waals surface area contributed by atoms with E-state index in [9.17, 15) is 14.7 Å². The number of nitrogens with one attached hydrogen (secondary N) is 2. The third-order valence-corrected chi connectivity index (χ3v) is 7.70. The molecule has 0 bridgehead atoms. The van der Waals surface area contributed by atoms with Crippen LogP contribution in [0, 0.1) is 20.8 Å². The molecule has 1 aromatic heterocycles. The molecule has 3 heterocycles. The highest BCUT2D eigenvalue weighted by Gasteiger charge is 2.31. The second kappa shape index (κ2) is 9.85. The monoisotopic (exact) mass is 520 g/mol. The summed E-state index contributed by atoms with van der Waals surface area (Å²) in [4.78, 5) is 29.8. The van der Waals surface area contributed by atoms with Gasteiger partial charge in [0, 0.05) is 13.1 Å². The summed E-state index contributed by atoms with van der Waals surface area (Å²) < 4.78 is 12.1. The van der Waals surface area contributed by atoms with Gasteiger partial charge < -0.3 is 24.8 Å². The summed E-state index contributed by atoms with van der Waals surface area (Å²) in [6, 6.07) is 13.1. The molecule has 1 saturated heterocycles. The fraction of sp³-hybridized carbons (Fsp3) is 0.296. The summed E-state index contributed by atoms with van der Waals surface area (Å²) in [5, 5.41) is 15.2. The topological polar surface area (TPSA) is 113 Å². The second-order valence-corrected chi connectivity index (χ2v) is 10.4. The minimum atomic E-state index is -0.388. The number of benzene rings is 2. The first-order valence-corrected chi connectivity index (χ1v) is 12.8. The number of aryl methyl sites for hydroxylation is 1. The standard InChI is InChI=1S/C27H28N4O5S/c1-14-11-20(15(2)16(3)24(14)32)36-23-10-9-19-25(29-23)31(4)22(28-19)13-35-18-7-5-17(6-8-18)12-21-26(33)30-27(34)37-21/h5-11,21-22,28,32H,12-13H2,1-4H3,(H,30,33,34). The number of pyridine rings is 1. The Morgan fingerprint density at radius 3 is 2.54 bits per heavy atom. The van der Waals surface area contributed by atoms with Crippen molar-refractivity contribution in [1.29, 1.82) is 0 Å².